The number of ketones is 1. The number of ether oxygens (including phenoxy) is 2. The number of carbonyl (C=O) groups excluding carboxylic acids is 4. The van der Waals surface area contributed by atoms with Crippen molar-refractivity contribution in [2.24, 2.45) is 0 Å². The van der Waals surface area contributed by atoms with Crippen LogP contribution in [-0.4, -0.2) is 97.4 Å². The van der Waals surface area contributed by atoms with Crippen LogP contribution in [0.4, 0.5) is 0 Å². The molecule has 1 aromatic rings. The highest BCUT2D eigenvalue weighted by molar-refractivity contribution is 5.98. The van der Waals surface area contributed by atoms with Crippen molar-refractivity contribution < 1.29 is 28.7 Å². The molecule has 3 atom stereocenters. The average Bonchev–Trinajstić information content (AvgIpc) is 3.46. The van der Waals surface area contributed by atoms with Gasteiger partial charge in [0.15, 0.2) is 5.78 Å². The first-order valence-electron chi connectivity index (χ1n) is 13.7. The van der Waals surface area contributed by atoms with Crippen molar-refractivity contribution in [3.05, 3.63) is 41.5 Å². The number of benzene rings is 1. The number of epoxide rings is 1. The standard InChI is InChI=1S/C29H40N4O6/c1-20(34)33-14-12-32(13-15-33)18-26(35)30-25(17-22-8-10-23(38-3)11-9-22)28(37)31-24(16-21-6-4-5-7-21)27(36)29(2)19-39-29/h6,8-11,24-25H,4-5,7,12-19H2,1-3H3,(H,30,35)(H,31,37)/t24-,25-,29+/m0/s1. The molecule has 10 nitrogen and oxygen atoms in total. The molecule has 39 heavy (non-hydrogen) atoms. The number of hydrogen-bond acceptors (Lipinski definition) is 7. The van der Waals surface area contributed by atoms with Crippen LogP contribution < -0.4 is 15.4 Å². The van der Waals surface area contributed by atoms with E-state index in [0.717, 1.165) is 24.8 Å². The number of hydrogen-bond donors (Lipinski definition) is 2. The van der Waals surface area contributed by atoms with E-state index in [1.54, 1.807) is 25.9 Å². The normalized spacial score (nSPS) is 22.4. The lowest BCUT2D eigenvalue weighted by Gasteiger charge is -2.34. The Morgan fingerprint density at radius 1 is 1.03 bits per heavy atom. The van der Waals surface area contributed by atoms with Crippen molar-refractivity contribution in [3.63, 3.8) is 0 Å². The summed E-state index contributed by atoms with van der Waals surface area (Å²) in [5.74, 6) is -0.0954. The van der Waals surface area contributed by atoms with Gasteiger partial charge in [0, 0.05) is 39.5 Å². The van der Waals surface area contributed by atoms with Crippen LogP contribution in [0, 0.1) is 0 Å². The van der Waals surface area contributed by atoms with Crippen molar-refractivity contribution in [3.8, 4) is 5.75 Å². The first kappa shape index (κ1) is 28.8. The number of nitrogens with zero attached hydrogens (tertiary/aromatic N) is 2. The summed E-state index contributed by atoms with van der Waals surface area (Å²) in [4.78, 5) is 55.3. The monoisotopic (exact) mass is 540 g/mol. The summed E-state index contributed by atoms with van der Waals surface area (Å²) in [6, 6.07) is 5.75. The minimum absolute atomic E-state index is 0.0262. The van der Waals surface area contributed by atoms with E-state index in [0.29, 0.717) is 45.0 Å². The minimum atomic E-state index is -0.870. The molecule has 3 aliphatic rings. The number of piperazine rings is 1. The summed E-state index contributed by atoms with van der Waals surface area (Å²) in [6.45, 7) is 6.08. The predicted molar refractivity (Wildman–Crippen MR) is 145 cm³/mol. The highest BCUT2D eigenvalue weighted by Crippen LogP contribution is 2.31. The maximum absolute atomic E-state index is 13.6. The third kappa shape index (κ3) is 7.89. The molecule has 2 fully saturated rings. The lowest BCUT2D eigenvalue weighted by Crippen LogP contribution is -2.56. The van der Waals surface area contributed by atoms with Gasteiger partial charge >= 0.3 is 0 Å². The number of methoxy groups -OCH3 is 1. The zero-order valence-corrected chi connectivity index (χ0v) is 23.2. The van der Waals surface area contributed by atoms with E-state index in [1.165, 1.54) is 5.57 Å². The third-order valence-electron chi connectivity index (χ3n) is 7.77. The van der Waals surface area contributed by atoms with Gasteiger partial charge in [-0.3, -0.25) is 24.1 Å². The van der Waals surface area contributed by atoms with Crippen molar-refractivity contribution >= 4 is 23.5 Å². The Morgan fingerprint density at radius 3 is 2.28 bits per heavy atom. The van der Waals surface area contributed by atoms with Gasteiger partial charge in [-0.15, -0.1) is 0 Å². The Hall–Kier alpha value is -3.24. The van der Waals surface area contributed by atoms with Gasteiger partial charge in [-0.25, -0.2) is 0 Å². The highest BCUT2D eigenvalue weighted by Gasteiger charge is 2.50. The lowest BCUT2D eigenvalue weighted by molar-refractivity contribution is -0.133. The molecule has 4 rings (SSSR count). The predicted octanol–water partition coefficient (Wildman–Crippen LogP) is 1.23. The number of nitrogens with one attached hydrogen (secondary N) is 2. The van der Waals surface area contributed by atoms with Crippen molar-refractivity contribution in [2.75, 3.05) is 46.4 Å². The van der Waals surface area contributed by atoms with Crippen molar-refractivity contribution in [2.45, 2.75) is 63.6 Å². The molecule has 2 heterocycles. The van der Waals surface area contributed by atoms with Gasteiger partial charge in [0.2, 0.25) is 17.7 Å². The van der Waals surface area contributed by atoms with Gasteiger partial charge in [-0.2, -0.15) is 0 Å². The van der Waals surface area contributed by atoms with Crippen LogP contribution in [0.5, 0.6) is 5.75 Å². The SMILES string of the molecule is COc1ccc(C[C@H](NC(=O)CN2CCN(C(C)=O)CC2)C(=O)N[C@@H](CC2=CCCC2)C(=O)[C@@]2(C)CO2)cc1. The summed E-state index contributed by atoms with van der Waals surface area (Å²) < 4.78 is 10.6. The number of amides is 3. The Balaban J connectivity index is 1.45. The average molecular weight is 541 g/mol. The quantitative estimate of drug-likeness (QED) is 0.302. The molecule has 2 aliphatic heterocycles. The van der Waals surface area contributed by atoms with Gasteiger partial charge in [0.25, 0.3) is 0 Å². The van der Waals surface area contributed by atoms with Crippen LogP contribution in [0.2, 0.25) is 0 Å². The molecule has 1 aromatic carbocycles. The van der Waals surface area contributed by atoms with Gasteiger partial charge < -0.3 is 25.0 Å². The maximum atomic E-state index is 13.6. The Labute approximate surface area is 230 Å². The topological polar surface area (TPSA) is 121 Å². The first-order valence-corrected chi connectivity index (χ1v) is 13.7. The third-order valence-corrected chi connectivity index (χ3v) is 7.77. The second-order valence-corrected chi connectivity index (χ2v) is 10.9. The largest absolute Gasteiger partial charge is 0.497 e. The molecule has 1 aliphatic carbocycles. The number of carbonyl (C=O) groups is 4. The number of rotatable bonds is 12. The molecule has 0 aromatic heterocycles. The van der Waals surface area contributed by atoms with Gasteiger partial charge in [-0.05, 0) is 50.3 Å². The van der Waals surface area contributed by atoms with E-state index in [2.05, 4.69) is 16.7 Å². The molecular formula is C29H40N4O6. The molecule has 212 valence electrons. The first-order chi connectivity index (χ1) is 18.7. The molecule has 2 N–H and O–H groups in total. The number of Topliss-reactive ketones (excluding diaryl/α,β-unsaturated/α-hetero) is 1. The Morgan fingerprint density at radius 2 is 1.72 bits per heavy atom. The maximum Gasteiger partial charge on any atom is 0.243 e. The zero-order chi connectivity index (χ0) is 28.0. The second kappa shape index (κ2) is 12.7. The van der Waals surface area contributed by atoms with Crippen molar-refractivity contribution in [1.29, 1.82) is 0 Å². The van der Waals surface area contributed by atoms with E-state index in [1.807, 2.05) is 29.2 Å². The zero-order valence-electron chi connectivity index (χ0n) is 23.2. The summed E-state index contributed by atoms with van der Waals surface area (Å²) >= 11 is 0. The van der Waals surface area contributed by atoms with Crippen molar-refractivity contribution in [1.82, 2.24) is 20.4 Å². The lowest BCUT2D eigenvalue weighted by atomic mass is 9.94. The molecule has 0 unspecified atom stereocenters. The number of allylic oxidation sites excluding steroid dienone is 1. The fourth-order valence-electron chi connectivity index (χ4n) is 5.16. The molecule has 0 radical (unpaired) electrons. The molecule has 3 amide bonds. The van der Waals surface area contributed by atoms with Crippen LogP contribution in [0.3, 0.4) is 0 Å². The molecule has 0 spiro atoms. The Bertz CT molecular complexity index is 1090. The van der Waals surface area contributed by atoms with Crippen LogP contribution in [-0.2, 0) is 30.3 Å². The van der Waals surface area contributed by atoms with Crippen LogP contribution in [0.1, 0.15) is 45.1 Å². The van der Waals surface area contributed by atoms with E-state index in [4.69, 9.17) is 9.47 Å². The summed E-state index contributed by atoms with van der Waals surface area (Å²) in [5, 5.41) is 5.86. The van der Waals surface area contributed by atoms with Gasteiger partial charge in [0.05, 0.1) is 26.3 Å². The van der Waals surface area contributed by atoms with Gasteiger partial charge in [-0.1, -0.05) is 23.8 Å². The Kier molecular flexibility index (Phi) is 9.40. The van der Waals surface area contributed by atoms with Crippen LogP contribution >= 0.6 is 0 Å². The summed E-state index contributed by atoms with van der Waals surface area (Å²) in [5.41, 5.74) is 1.15. The van der Waals surface area contributed by atoms with Crippen LogP contribution in [0.15, 0.2) is 35.9 Å². The smallest absolute Gasteiger partial charge is 0.243 e. The minimum Gasteiger partial charge on any atom is -0.497 e. The fourth-order valence-corrected chi connectivity index (χ4v) is 5.16. The van der Waals surface area contributed by atoms with Gasteiger partial charge in [0.1, 0.15) is 17.4 Å². The highest BCUT2D eigenvalue weighted by atomic mass is 16.6. The fraction of sp³-hybridized carbons (Fsp3) is 0.586. The van der Waals surface area contributed by atoms with E-state index < -0.39 is 23.6 Å². The molecule has 0 bridgehead atoms. The molecule has 10 heteroatoms. The van der Waals surface area contributed by atoms with Crippen LogP contribution in [0.25, 0.3) is 0 Å². The second-order valence-electron chi connectivity index (χ2n) is 10.9. The van der Waals surface area contributed by atoms with E-state index in [-0.39, 0.29) is 30.6 Å². The van der Waals surface area contributed by atoms with E-state index >= 15 is 0 Å². The van der Waals surface area contributed by atoms with E-state index in [9.17, 15) is 19.2 Å². The molecular weight excluding hydrogens is 500 g/mol. The molecule has 2 saturated heterocycles. The summed E-state index contributed by atoms with van der Waals surface area (Å²) in [7, 11) is 1.59. The molecule has 0 saturated carbocycles. The summed E-state index contributed by atoms with van der Waals surface area (Å²) in [6.07, 6.45) is 5.80.